The average molecular weight is 992 g/mol. The summed E-state index contributed by atoms with van der Waals surface area (Å²) < 4.78 is 10.3. The molecule has 8 rings (SSSR count). The molecule has 57 heavy (non-hydrogen) atoms. The van der Waals surface area contributed by atoms with Gasteiger partial charge in [-0.3, -0.25) is 4.98 Å². The number of hydrogen-bond acceptors (Lipinski definition) is 4. The van der Waals surface area contributed by atoms with E-state index in [1.165, 1.54) is 22.3 Å². The van der Waals surface area contributed by atoms with Gasteiger partial charge in [-0.05, 0) is 56.2 Å². The molecule has 0 saturated carbocycles. The molecule has 8 aromatic rings. The van der Waals surface area contributed by atoms with Crippen molar-refractivity contribution in [1.82, 2.24) is 19.5 Å². The largest absolute Gasteiger partial charge is 0.486 e. The number of rotatable bonds is 6. The van der Waals surface area contributed by atoms with Gasteiger partial charge in [0, 0.05) is 42.3 Å². The molecule has 0 spiro atoms. The molecule has 0 fully saturated rings. The van der Waals surface area contributed by atoms with Gasteiger partial charge in [-0.2, -0.15) is 0 Å². The van der Waals surface area contributed by atoms with Crippen LogP contribution in [0.2, 0.25) is 17.3 Å². The van der Waals surface area contributed by atoms with Crippen molar-refractivity contribution in [3.63, 3.8) is 0 Å². The molecule has 0 unspecified atom stereocenters. The van der Waals surface area contributed by atoms with Gasteiger partial charge in [0.1, 0.15) is 0 Å². The van der Waals surface area contributed by atoms with Crippen LogP contribution in [0.1, 0.15) is 68.1 Å². The number of benzene rings is 4. The van der Waals surface area contributed by atoms with E-state index in [0.29, 0.717) is 11.6 Å². The van der Waals surface area contributed by atoms with Crippen LogP contribution in [0.25, 0.3) is 61.4 Å². The van der Waals surface area contributed by atoms with Crippen molar-refractivity contribution in [2.75, 3.05) is 0 Å². The van der Waals surface area contributed by atoms with Crippen LogP contribution in [0.3, 0.4) is 0 Å². The molecule has 295 valence electrons. The van der Waals surface area contributed by atoms with Crippen LogP contribution in [0.5, 0.6) is 0 Å². The molecule has 0 bridgehead atoms. The molecule has 7 heteroatoms. The Kier molecular flexibility index (Phi) is 12.2. The van der Waals surface area contributed by atoms with Gasteiger partial charge in [0.15, 0.2) is 0 Å². The van der Waals surface area contributed by atoms with Crippen LogP contribution < -0.4 is 4.40 Å². The zero-order valence-electron chi connectivity index (χ0n) is 35.5. The second-order valence-corrected chi connectivity index (χ2v) is 28.4. The normalized spacial score (nSPS) is 11.9. The molecular formula is C50H54GeIrN4O-2. The standard InChI is InChI=1S/C32H30N3O.C18H24GeN.Ir/c1-18-16-20(3)28(21(4)17-18)35-25-11-9-8-10-24(25)33-30(35)23-13-12-19(2)27-22-14-15-26(32(5,6)7)34-31(22)36-29(23)27;1-14(2)11-16-12-18(15-9-7-6-8-10-15)20-13-17(16)19(3,4)5;/h8-12,14-17H,1-7H3;6-9,12-14H,11H2,1-5H3;/q2*-1;. The second-order valence-electron chi connectivity index (χ2n) is 17.8. The Morgan fingerprint density at radius 2 is 1.53 bits per heavy atom. The minimum atomic E-state index is -1.86. The minimum Gasteiger partial charge on any atom is -0.486 e. The van der Waals surface area contributed by atoms with Crippen LogP contribution in [0.4, 0.5) is 0 Å². The summed E-state index contributed by atoms with van der Waals surface area (Å²) in [4.78, 5) is 14.7. The predicted octanol–water partition coefficient (Wildman–Crippen LogP) is 12.6. The molecule has 0 aliphatic heterocycles. The average Bonchev–Trinajstić information content (AvgIpc) is 3.70. The SMILES string of the molecule is CC(C)Cc1cc(-c2[c-]cccc2)nc[c]1[Ge]([CH3])([CH3])[CH3].Cc1cc(C)c(-n2c(-c3[c-]cc(C)c4c3oc3nc(C(C)(C)C)ccc34)nc3ccccc32)c(C)c1.[Ir]. The summed E-state index contributed by atoms with van der Waals surface area (Å²) in [6, 6.07) is 36.2. The molecule has 1 radical (unpaired) electrons. The molecule has 4 aromatic carbocycles. The number of nitrogens with zero attached hydrogens (tertiary/aromatic N) is 4. The van der Waals surface area contributed by atoms with E-state index in [9.17, 15) is 0 Å². The van der Waals surface area contributed by atoms with E-state index in [1.807, 2.05) is 30.3 Å². The number of para-hydroxylation sites is 2. The van der Waals surface area contributed by atoms with Gasteiger partial charge in [-0.25, -0.2) is 4.98 Å². The van der Waals surface area contributed by atoms with E-state index in [4.69, 9.17) is 19.4 Å². The van der Waals surface area contributed by atoms with Crippen molar-refractivity contribution in [3.05, 3.63) is 137 Å². The molecular weight excluding hydrogens is 937 g/mol. The summed E-state index contributed by atoms with van der Waals surface area (Å²) in [5.41, 5.74) is 14.8. The fraction of sp³-hybridized carbons (Fsp3) is 0.300. The first kappa shape index (κ1) is 42.3. The third kappa shape index (κ3) is 8.60. The summed E-state index contributed by atoms with van der Waals surface area (Å²) in [5.74, 6) is 8.82. The summed E-state index contributed by atoms with van der Waals surface area (Å²) >= 11 is -1.86. The van der Waals surface area contributed by atoms with Gasteiger partial charge in [0.05, 0.1) is 22.4 Å². The number of aryl methyl sites for hydroxylation is 4. The molecule has 0 saturated heterocycles. The third-order valence-electron chi connectivity index (χ3n) is 10.4. The zero-order chi connectivity index (χ0) is 40.1. The number of aromatic nitrogens is 4. The minimum absolute atomic E-state index is 0. The smallest absolute Gasteiger partial charge is 0.216 e. The number of hydrogen-bond donors (Lipinski definition) is 0. The second kappa shape index (κ2) is 16.5. The third-order valence-corrected chi connectivity index (χ3v) is 14.8. The van der Waals surface area contributed by atoms with Crippen molar-refractivity contribution in [2.24, 2.45) is 5.92 Å². The fourth-order valence-electron chi connectivity index (χ4n) is 7.87. The Hall–Kier alpha value is -4.36. The molecule has 4 aromatic heterocycles. The molecule has 0 atom stereocenters. The summed E-state index contributed by atoms with van der Waals surface area (Å²) in [5, 5.41) is 2.10. The van der Waals surface area contributed by atoms with Gasteiger partial charge in [-0.15, -0.1) is 17.7 Å². The van der Waals surface area contributed by atoms with Crippen molar-refractivity contribution in [2.45, 2.75) is 91.4 Å². The topological polar surface area (TPSA) is 56.7 Å². The van der Waals surface area contributed by atoms with Gasteiger partial charge < -0.3 is 8.98 Å². The molecule has 5 nitrogen and oxygen atoms in total. The van der Waals surface area contributed by atoms with Crippen molar-refractivity contribution < 1.29 is 24.5 Å². The van der Waals surface area contributed by atoms with Crippen molar-refractivity contribution in [3.8, 4) is 28.3 Å². The summed E-state index contributed by atoms with van der Waals surface area (Å²) in [7, 11) is 0. The maximum absolute atomic E-state index is 6.53. The van der Waals surface area contributed by atoms with Gasteiger partial charge >= 0.3 is 126 Å². The molecule has 4 heterocycles. The Morgan fingerprint density at radius 1 is 0.825 bits per heavy atom. The fourth-order valence-corrected chi connectivity index (χ4v) is 11.2. The first-order chi connectivity index (χ1) is 26.5. The summed E-state index contributed by atoms with van der Waals surface area (Å²) in [6.45, 7) is 19.7. The van der Waals surface area contributed by atoms with E-state index < -0.39 is 13.3 Å². The number of pyridine rings is 2. The Morgan fingerprint density at radius 3 is 2.18 bits per heavy atom. The maximum Gasteiger partial charge on any atom is 0.216 e. The van der Waals surface area contributed by atoms with Crippen molar-refractivity contribution >= 4 is 50.8 Å². The monoisotopic (exact) mass is 993 g/mol. The van der Waals surface area contributed by atoms with E-state index in [2.05, 4.69) is 157 Å². The van der Waals surface area contributed by atoms with Crippen molar-refractivity contribution in [1.29, 1.82) is 0 Å². The van der Waals surface area contributed by atoms with E-state index in [0.717, 1.165) is 73.4 Å². The Bertz CT molecular complexity index is 2690. The van der Waals surface area contributed by atoms with Crippen LogP contribution in [0, 0.1) is 45.7 Å². The molecule has 0 N–H and O–H groups in total. The van der Waals surface area contributed by atoms with Gasteiger partial charge in [0.2, 0.25) is 5.71 Å². The van der Waals surface area contributed by atoms with Crippen LogP contribution >= 0.6 is 0 Å². The molecule has 0 aliphatic rings. The predicted molar refractivity (Wildman–Crippen MR) is 238 cm³/mol. The first-order valence-corrected chi connectivity index (χ1v) is 27.1. The maximum atomic E-state index is 6.53. The van der Waals surface area contributed by atoms with Crippen LogP contribution in [-0.4, -0.2) is 32.8 Å². The number of furan rings is 1. The molecule has 0 aliphatic carbocycles. The first-order valence-electron chi connectivity index (χ1n) is 19.8. The van der Waals surface area contributed by atoms with E-state index in [-0.39, 0.29) is 25.5 Å². The van der Waals surface area contributed by atoms with E-state index >= 15 is 0 Å². The molecule has 0 amide bonds. The van der Waals surface area contributed by atoms with Crippen LogP contribution in [-0.2, 0) is 31.9 Å². The van der Waals surface area contributed by atoms with Gasteiger partial charge in [-0.1, -0.05) is 68.5 Å². The summed E-state index contributed by atoms with van der Waals surface area (Å²) in [6.07, 6.45) is 3.27. The number of fused-ring (bicyclic) bond motifs is 4. The number of imidazole rings is 1. The van der Waals surface area contributed by atoms with Gasteiger partial charge in [0.25, 0.3) is 0 Å². The zero-order valence-corrected chi connectivity index (χ0v) is 40.0. The quantitative estimate of drug-likeness (QED) is 0.123. The van der Waals surface area contributed by atoms with Crippen LogP contribution in [0.15, 0.2) is 95.5 Å². The Labute approximate surface area is 355 Å². The Balaban J connectivity index is 0.000000223. The van der Waals surface area contributed by atoms with E-state index in [1.54, 1.807) is 4.40 Å².